The van der Waals surface area contributed by atoms with Gasteiger partial charge < -0.3 is 15.2 Å². The van der Waals surface area contributed by atoms with E-state index >= 15 is 0 Å². The van der Waals surface area contributed by atoms with Crippen LogP contribution >= 0.6 is 0 Å². The molecule has 2 N–H and O–H groups in total. The van der Waals surface area contributed by atoms with Gasteiger partial charge in [-0.1, -0.05) is 30.3 Å². The molecule has 2 aromatic rings. The van der Waals surface area contributed by atoms with Crippen molar-refractivity contribution in [2.75, 3.05) is 13.2 Å². The van der Waals surface area contributed by atoms with Gasteiger partial charge in [0.25, 0.3) is 0 Å². The molecule has 0 saturated carbocycles. The van der Waals surface area contributed by atoms with Crippen LogP contribution in [0.4, 0.5) is 4.39 Å². The van der Waals surface area contributed by atoms with E-state index in [2.05, 4.69) is 5.32 Å². The molecule has 0 radical (unpaired) electrons. The number of rotatable bonds is 7. The van der Waals surface area contributed by atoms with E-state index in [-0.39, 0.29) is 31.4 Å². The lowest BCUT2D eigenvalue weighted by molar-refractivity contribution is -0.120. The first-order chi connectivity index (χ1) is 10.7. The molecule has 2 rings (SSSR count). The lowest BCUT2D eigenvalue weighted by Gasteiger charge is -2.11. The molecule has 22 heavy (non-hydrogen) atoms. The zero-order chi connectivity index (χ0) is 15.8. The number of hydrogen-bond acceptors (Lipinski definition) is 3. The fraction of sp³-hybridized carbons (Fsp3) is 0.235. The normalized spacial score (nSPS) is 10.3. The summed E-state index contributed by atoms with van der Waals surface area (Å²) in [4.78, 5) is 11.9. The van der Waals surface area contributed by atoms with E-state index in [1.165, 1.54) is 12.1 Å². The van der Waals surface area contributed by atoms with Crippen LogP contribution in [0.25, 0.3) is 0 Å². The first kappa shape index (κ1) is 16.0. The molecule has 4 nitrogen and oxygen atoms in total. The Morgan fingerprint density at radius 2 is 1.86 bits per heavy atom. The fourth-order valence-corrected chi connectivity index (χ4v) is 1.99. The van der Waals surface area contributed by atoms with Crippen LogP contribution < -0.4 is 10.1 Å². The first-order valence-corrected chi connectivity index (χ1v) is 7.02. The van der Waals surface area contributed by atoms with Gasteiger partial charge in [0, 0.05) is 12.1 Å². The number of amides is 1. The topological polar surface area (TPSA) is 58.6 Å². The van der Waals surface area contributed by atoms with Crippen molar-refractivity contribution in [1.82, 2.24) is 5.32 Å². The average Bonchev–Trinajstić information content (AvgIpc) is 2.54. The maximum absolute atomic E-state index is 12.8. The molecule has 0 bridgehead atoms. The zero-order valence-electron chi connectivity index (χ0n) is 12.1. The van der Waals surface area contributed by atoms with Gasteiger partial charge in [-0.15, -0.1) is 0 Å². The van der Waals surface area contributed by atoms with Crippen molar-refractivity contribution in [3.63, 3.8) is 0 Å². The molecule has 0 aromatic heterocycles. The molecule has 0 aliphatic rings. The van der Waals surface area contributed by atoms with Crippen molar-refractivity contribution in [3.8, 4) is 5.75 Å². The Hall–Kier alpha value is -2.40. The van der Waals surface area contributed by atoms with Gasteiger partial charge in [0.2, 0.25) is 5.91 Å². The van der Waals surface area contributed by atoms with E-state index in [0.717, 1.165) is 11.1 Å². The molecule has 0 atom stereocenters. The minimum absolute atomic E-state index is 0.0642. The van der Waals surface area contributed by atoms with E-state index < -0.39 is 0 Å². The molecule has 0 aliphatic heterocycles. The van der Waals surface area contributed by atoms with Gasteiger partial charge in [-0.25, -0.2) is 4.39 Å². The highest BCUT2D eigenvalue weighted by Crippen LogP contribution is 2.17. The molecule has 0 aliphatic carbocycles. The van der Waals surface area contributed by atoms with Gasteiger partial charge in [-0.05, 0) is 23.8 Å². The summed E-state index contributed by atoms with van der Waals surface area (Å²) in [5.41, 5.74) is 1.59. The highest BCUT2D eigenvalue weighted by atomic mass is 19.1. The smallest absolute Gasteiger partial charge is 0.224 e. The summed E-state index contributed by atoms with van der Waals surface area (Å²) in [7, 11) is 0. The largest absolute Gasteiger partial charge is 0.491 e. The maximum Gasteiger partial charge on any atom is 0.224 e. The minimum atomic E-state index is -0.320. The van der Waals surface area contributed by atoms with Crippen LogP contribution in [0.5, 0.6) is 5.75 Å². The Kier molecular flexibility index (Phi) is 5.91. The molecule has 0 unspecified atom stereocenters. The molecular weight excluding hydrogens is 285 g/mol. The number of benzene rings is 2. The number of ether oxygens (including phenoxy) is 1. The number of aliphatic hydroxyl groups excluding tert-OH is 1. The molecule has 5 heteroatoms. The van der Waals surface area contributed by atoms with Crippen molar-refractivity contribution >= 4 is 5.91 Å². The van der Waals surface area contributed by atoms with E-state index in [1.807, 2.05) is 18.2 Å². The Morgan fingerprint density at radius 1 is 1.14 bits per heavy atom. The van der Waals surface area contributed by atoms with Crippen molar-refractivity contribution in [2.45, 2.75) is 13.0 Å². The summed E-state index contributed by atoms with van der Waals surface area (Å²) in [6.45, 7) is 0.480. The summed E-state index contributed by atoms with van der Waals surface area (Å²) >= 11 is 0. The number of para-hydroxylation sites is 1. The molecule has 0 fully saturated rings. The second-order valence-electron chi connectivity index (χ2n) is 4.76. The quantitative estimate of drug-likeness (QED) is 0.823. The highest BCUT2D eigenvalue weighted by Gasteiger charge is 2.07. The number of aliphatic hydroxyl groups is 1. The minimum Gasteiger partial charge on any atom is -0.491 e. The number of carbonyl (C=O) groups excluding carboxylic acids is 1. The van der Waals surface area contributed by atoms with Crippen LogP contribution in [-0.4, -0.2) is 24.2 Å². The fourth-order valence-electron chi connectivity index (χ4n) is 1.99. The summed E-state index contributed by atoms with van der Waals surface area (Å²) < 4.78 is 18.2. The second kappa shape index (κ2) is 8.14. The number of halogens is 1. The standard InChI is InChI=1S/C17H18FNO3/c18-15-7-5-13(6-8-15)11-17(21)19-12-14-3-1-2-4-16(14)22-10-9-20/h1-8,20H,9-12H2,(H,19,21). The predicted octanol–water partition coefficient (Wildman–Crippen LogP) is 2.06. The van der Waals surface area contributed by atoms with Gasteiger partial charge in [0.05, 0.1) is 13.0 Å². The van der Waals surface area contributed by atoms with Crippen molar-refractivity contribution in [3.05, 3.63) is 65.5 Å². The van der Waals surface area contributed by atoms with Crippen molar-refractivity contribution in [2.24, 2.45) is 0 Å². The monoisotopic (exact) mass is 303 g/mol. The van der Waals surface area contributed by atoms with Crippen LogP contribution in [-0.2, 0) is 17.8 Å². The van der Waals surface area contributed by atoms with Crippen LogP contribution in [0.15, 0.2) is 48.5 Å². The van der Waals surface area contributed by atoms with Gasteiger partial charge in [0.15, 0.2) is 0 Å². The number of hydrogen-bond donors (Lipinski definition) is 2. The molecule has 0 saturated heterocycles. The second-order valence-corrected chi connectivity index (χ2v) is 4.76. The molecule has 2 aromatic carbocycles. The summed E-state index contributed by atoms with van der Waals surface area (Å²) in [5, 5.41) is 11.6. The van der Waals surface area contributed by atoms with E-state index in [4.69, 9.17) is 9.84 Å². The van der Waals surface area contributed by atoms with E-state index in [0.29, 0.717) is 12.3 Å². The average molecular weight is 303 g/mol. The number of carbonyl (C=O) groups is 1. The lowest BCUT2D eigenvalue weighted by atomic mass is 10.1. The highest BCUT2D eigenvalue weighted by molar-refractivity contribution is 5.78. The molecular formula is C17H18FNO3. The summed E-state index contributed by atoms with van der Waals surface area (Å²) in [5.74, 6) is 0.168. The molecule has 0 heterocycles. The van der Waals surface area contributed by atoms with E-state index in [1.54, 1.807) is 18.2 Å². The van der Waals surface area contributed by atoms with E-state index in [9.17, 15) is 9.18 Å². The number of nitrogens with one attached hydrogen (secondary N) is 1. The van der Waals surface area contributed by atoms with Crippen molar-refractivity contribution in [1.29, 1.82) is 0 Å². The third-order valence-electron chi connectivity index (χ3n) is 3.08. The third kappa shape index (κ3) is 4.86. The van der Waals surface area contributed by atoms with Gasteiger partial charge in [-0.2, -0.15) is 0 Å². The third-order valence-corrected chi connectivity index (χ3v) is 3.08. The van der Waals surface area contributed by atoms with Gasteiger partial charge >= 0.3 is 0 Å². The Bertz CT molecular complexity index is 614. The Balaban J connectivity index is 1.89. The first-order valence-electron chi connectivity index (χ1n) is 7.02. The van der Waals surface area contributed by atoms with Gasteiger partial charge in [-0.3, -0.25) is 4.79 Å². The molecule has 116 valence electrons. The van der Waals surface area contributed by atoms with Crippen LogP contribution in [0.2, 0.25) is 0 Å². The van der Waals surface area contributed by atoms with Crippen LogP contribution in [0, 0.1) is 5.82 Å². The maximum atomic E-state index is 12.8. The van der Waals surface area contributed by atoms with Gasteiger partial charge in [0.1, 0.15) is 18.2 Å². The Morgan fingerprint density at radius 3 is 2.59 bits per heavy atom. The SMILES string of the molecule is O=C(Cc1ccc(F)cc1)NCc1ccccc1OCCO. The molecule has 1 amide bonds. The predicted molar refractivity (Wildman–Crippen MR) is 81.0 cm³/mol. The Labute approximate surface area is 128 Å². The molecule has 0 spiro atoms. The zero-order valence-corrected chi connectivity index (χ0v) is 12.1. The lowest BCUT2D eigenvalue weighted by Crippen LogP contribution is -2.24. The summed E-state index contributed by atoms with van der Waals surface area (Å²) in [6, 6.07) is 13.2. The van der Waals surface area contributed by atoms with Crippen molar-refractivity contribution < 1.29 is 19.0 Å². The van der Waals surface area contributed by atoms with Crippen LogP contribution in [0.3, 0.4) is 0 Å². The van der Waals surface area contributed by atoms with Crippen LogP contribution in [0.1, 0.15) is 11.1 Å². The summed E-state index contributed by atoms with van der Waals surface area (Å²) in [6.07, 6.45) is 0.194.